The van der Waals surface area contributed by atoms with Crippen molar-refractivity contribution in [1.29, 1.82) is 0 Å². The number of rotatable bonds is 6. The Morgan fingerprint density at radius 2 is 1.95 bits per heavy atom. The van der Waals surface area contributed by atoms with E-state index in [9.17, 15) is 31.2 Å². The Balaban J connectivity index is 1.53. The largest absolute Gasteiger partial charge is 0.417 e. The summed E-state index contributed by atoms with van der Waals surface area (Å²) >= 11 is 0. The average Bonchev–Trinajstić information content (AvgIpc) is 2.90. The van der Waals surface area contributed by atoms with Crippen molar-refractivity contribution in [3.05, 3.63) is 59.2 Å². The second-order valence-corrected chi connectivity index (χ2v) is 11.0. The first-order chi connectivity index (χ1) is 18.0. The lowest BCUT2D eigenvalue weighted by molar-refractivity contribution is -0.215. The van der Waals surface area contributed by atoms with E-state index in [0.29, 0.717) is 23.3 Å². The molecule has 2 aromatic rings. The summed E-state index contributed by atoms with van der Waals surface area (Å²) < 4.78 is 67.1. The van der Waals surface area contributed by atoms with E-state index in [1.807, 2.05) is 4.72 Å². The molecule has 2 aliphatic heterocycles. The van der Waals surface area contributed by atoms with Crippen LogP contribution in [0.25, 0.3) is 17.2 Å². The first-order valence-electron chi connectivity index (χ1n) is 12.0. The molecule has 38 heavy (non-hydrogen) atoms. The third-order valence-corrected chi connectivity index (χ3v) is 7.76. The minimum atomic E-state index is -4.67. The van der Waals surface area contributed by atoms with E-state index in [1.54, 1.807) is 12.1 Å². The third kappa shape index (κ3) is 6.36. The van der Waals surface area contributed by atoms with Crippen molar-refractivity contribution in [3.8, 4) is 16.9 Å². The summed E-state index contributed by atoms with van der Waals surface area (Å²) in [6, 6.07) is 9.57. The van der Waals surface area contributed by atoms with E-state index in [4.69, 9.17) is 9.78 Å². The number of hydrogen-bond donors (Lipinski definition) is 1. The molecule has 0 spiro atoms. The minimum Gasteiger partial charge on any atom is -0.339 e. The van der Waals surface area contributed by atoms with Crippen LogP contribution in [-0.2, 0) is 37.1 Å². The van der Waals surface area contributed by atoms with Gasteiger partial charge in [0.25, 0.3) is 0 Å². The number of carbonyl (C=O) groups excluding carboxylic acids is 2. The van der Waals surface area contributed by atoms with Crippen molar-refractivity contribution in [2.24, 2.45) is 5.92 Å². The summed E-state index contributed by atoms with van der Waals surface area (Å²) in [5, 5.41) is 0. The summed E-state index contributed by atoms with van der Waals surface area (Å²) in [6.45, 7) is 2.12. The van der Waals surface area contributed by atoms with E-state index >= 15 is 0 Å². The van der Waals surface area contributed by atoms with E-state index in [1.165, 1.54) is 42.2 Å². The maximum atomic E-state index is 13.9. The van der Waals surface area contributed by atoms with Gasteiger partial charge in [-0.3, -0.25) is 14.3 Å². The fourth-order valence-electron chi connectivity index (χ4n) is 4.39. The van der Waals surface area contributed by atoms with Gasteiger partial charge in [0, 0.05) is 42.6 Å². The minimum absolute atomic E-state index is 0.106. The molecule has 2 heterocycles. The van der Waals surface area contributed by atoms with Gasteiger partial charge in [0.2, 0.25) is 21.8 Å². The molecule has 0 aromatic heterocycles. The van der Waals surface area contributed by atoms with Crippen LogP contribution >= 0.6 is 0 Å². The van der Waals surface area contributed by atoms with E-state index < -0.39 is 39.5 Å². The number of alkyl halides is 3. The SMILES string of the molecule is CCS(=O)(=O)NC(=O)C1CCN(C(=O)/C=C/c2cc[c]c(C(F)(F)F)c2-c2ccc3c(c2)CCOO3)CC1. The number of fused-ring (bicyclic) bond motifs is 1. The number of nitrogens with zero attached hydrogens (tertiary/aromatic N) is 1. The molecule has 0 unspecified atom stereocenters. The van der Waals surface area contributed by atoms with Crippen LogP contribution < -0.4 is 9.61 Å². The van der Waals surface area contributed by atoms with Crippen LogP contribution in [0.15, 0.2) is 36.4 Å². The van der Waals surface area contributed by atoms with Crippen molar-refractivity contribution in [3.63, 3.8) is 0 Å². The summed E-state index contributed by atoms with van der Waals surface area (Å²) in [5.41, 5.74) is 0.144. The Kier molecular flexibility index (Phi) is 8.12. The Hall–Kier alpha value is -3.38. The zero-order valence-electron chi connectivity index (χ0n) is 20.5. The van der Waals surface area contributed by atoms with E-state index in [2.05, 4.69) is 6.07 Å². The number of amides is 2. The van der Waals surface area contributed by atoms with Crippen molar-refractivity contribution in [2.45, 2.75) is 32.4 Å². The lowest BCUT2D eigenvalue weighted by Gasteiger charge is -2.30. The number of piperidine rings is 1. The first-order valence-corrected chi connectivity index (χ1v) is 13.7. The molecule has 8 nitrogen and oxygen atoms in total. The van der Waals surface area contributed by atoms with Gasteiger partial charge < -0.3 is 9.79 Å². The number of benzene rings is 2. The van der Waals surface area contributed by atoms with Gasteiger partial charge in [-0.1, -0.05) is 18.2 Å². The second-order valence-electron chi connectivity index (χ2n) is 8.96. The molecule has 2 amide bonds. The number of carbonyl (C=O) groups is 2. The van der Waals surface area contributed by atoms with Crippen LogP contribution in [0.3, 0.4) is 0 Å². The normalized spacial score (nSPS) is 16.7. The van der Waals surface area contributed by atoms with Gasteiger partial charge in [0.15, 0.2) is 5.75 Å². The number of sulfonamides is 1. The molecule has 4 rings (SSSR count). The van der Waals surface area contributed by atoms with Crippen molar-refractivity contribution < 1.29 is 41.0 Å². The Labute approximate surface area is 218 Å². The van der Waals surface area contributed by atoms with E-state index in [0.717, 1.165) is 0 Å². The van der Waals surface area contributed by atoms with Crippen LogP contribution in [0.2, 0.25) is 0 Å². The predicted octanol–water partition coefficient (Wildman–Crippen LogP) is 3.76. The summed E-state index contributed by atoms with van der Waals surface area (Å²) in [4.78, 5) is 36.5. The molecule has 1 saturated heterocycles. The number of likely N-dealkylation sites (tertiary alicyclic amines) is 1. The van der Waals surface area contributed by atoms with Crippen molar-refractivity contribution in [2.75, 3.05) is 25.4 Å². The number of nitrogens with one attached hydrogen (secondary N) is 1. The number of halogens is 3. The Morgan fingerprint density at radius 1 is 1.21 bits per heavy atom. The zero-order chi connectivity index (χ0) is 27.5. The highest BCUT2D eigenvalue weighted by molar-refractivity contribution is 7.90. The molecule has 0 aliphatic carbocycles. The lowest BCUT2D eigenvalue weighted by atomic mass is 9.91. The summed E-state index contributed by atoms with van der Waals surface area (Å²) in [7, 11) is -3.67. The Bertz CT molecular complexity index is 1350. The van der Waals surface area contributed by atoms with Gasteiger partial charge in [-0.25, -0.2) is 8.42 Å². The summed E-state index contributed by atoms with van der Waals surface area (Å²) in [5.74, 6) is -1.35. The molecule has 1 radical (unpaired) electrons. The van der Waals surface area contributed by atoms with Crippen LogP contribution in [-0.4, -0.2) is 50.6 Å². The number of hydrogen-bond acceptors (Lipinski definition) is 6. The monoisotopic (exact) mass is 551 g/mol. The van der Waals surface area contributed by atoms with Gasteiger partial charge in [0.1, 0.15) is 0 Å². The zero-order valence-corrected chi connectivity index (χ0v) is 21.3. The highest BCUT2D eigenvalue weighted by Crippen LogP contribution is 2.40. The van der Waals surface area contributed by atoms with Crippen LogP contribution in [0.1, 0.15) is 36.5 Å². The molecular formula is C26H26F3N2O6S. The average molecular weight is 552 g/mol. The first kappa shape index (κ1) is 27.6. The molecule has 203 valence electrons. The maximum Gasteiger partial charge on any atom is 0.417 e. The van der Waals surface area contributed by atoms with Gasteiger partial charge in [-0.2, -0.15) is 18.1 Å². The maximum absolute atomic E-state index is 13.9. The molecule has 1 N–H and O–H groups in total. The van der Waals surface area contributed by atoms with Crippen LogP contribution in [0.5, 0.6) is 5.75 Å². The van der Waals surface area contributed by atoms with Gasteiger partial charge in [0.05, 0.1) is 17.9 Å². The van der Waals surface area contributed by atoms with Gasteiger partial charge >= 0.3 is 6.18 Å². The molecule has 2 aromatic carbocycles. The molecule has 1 fully saturated rings. The topological polar surface area (TPSA) is 102 Å². The molecule has 0 bridgehead atoms. The Morgan fingerprint density at radius 3 is 2.63 bits per heavy atom. The lowest BCUT2D eigenvalue weighted by Crippen LogP contribution is -2.44. The predicted molar refractivity (Wildman–Crippen MR) is 132 cm³/mol. The summed E-state index contributed by atoms with van der Waals surface area (Å²) in [6.07, 6.45) is -1.11. The van der Waals surface area contributed by atoms with Crippen LogP contribution in [0.4, 0.5) is 13.2 Å². The standard InChI is InChI=1S/C26H26F3N2O6S/c1-2-38(34,35)30-25(33)18-10-13-31(14-11-18)23(32)9-7-17-4-3-5-21(26(27,28)29)24(17)20-6-8-22-19(16-20)12-15-36-37-22/h3-4,6-9,16,18H,2,10-15H2,1H3,(H,30,33)/b9-7+. The van der Waals surface area contributed by atoms with Gasteiger partial charge in [-0.05, 0) is 55.2 Å². The third-order valence-electron chi connectivity index (χ3n) is 6.48. The fraction of sp³-hybridized carbons (Fsp3) is 0.385. The second kappa shape index (κ2) is 11.2. The fourth-order valence-corrected chi connectivity index (χ4v) is 5.01. The molecule has 2 aliphatic rings. The van der Waals surface area contributed by atoms with Crippen molar-refractivity contribution in [1.82, 2.24) is 9.62 Å². The molecule has 12 heteroatoms. The van der Waals surface area contributed by atoms with Crippen molar-refractivity contribution >= 4 is 27.9 Å². The quantitative estimate of drug-likeness (QED) is 0.434. The van der Waals surface area contributed by atoms with Gasteiger partial charge in [-0.15, -0.1) is 0 Å². The highest BCUT2D eigenvalue weighted by Gasteiger charge is 2.35. The van der Waals surface area contributed by atoms with Crippen LogP contribution in [0, 0.1) is 12.0 Å². The molecular weight excluding hydrogens is 525 g/mol. The highest BCUT2D eigenvalue weighted by atomic mass is 32.2. The molecule has 0 atom stereocenters. The smallest absolute Gasteiger partial charge is 0.339 e. The van der Waals surface area contributed by atoms with E-state index in [-0.39, 0.29) is 49.4 Å². The molecule has 0 saturated carbocycles.